The molecule has 0 aliphatic carbocycles. The van der Waals surface area contributed by atoms with E-state index in [0.717, 1.165) is 64.6 Å². The van der Waals surface area contributed by atoms with Crippen LogP contribution < -0.4 is 0 Å². The molecule has 5 rings (SSSR count). The molecule has 0 radical (unpaired) electrons. The van der Waals surface area contributed by atoms with Crippen molar-refractivity contribution in [2.24, 2.45) is 0 Å². The van der Waals surface area contributed by atoms with E-state index in [-0.39, 0.29) is 17.5 Å². The van der Waals surface area contributed by atoms with Crippen LogP contribution in [0.5, 0.6) is 0 Å². The Bertz CT molecular complexity index is 897. The minimum Gasteiger partial charge on any atom is -0.449 e. The Morgan fingerprint density at radius 2 is 1.74 bits per heavy atom. The molecule has 7 nitrogen and oxygen atoms in total. The van der Waals surface area contributed by atoms with Crippen molar-refractivity contribution in [2.45, 2.75) is 82.0 Å². The summed E-state index contributed by atoms with van der Waals surface area (Å²) in [5, 5.41) is 0. The first-order chi connectivity index (χ1) is 16.4. The highest BCUT2D eigenvalue weighted by Crippen LogP contribution is 2.44. The van der Waals surface area contributed by atoms with Gasteiger partial charge >= 0.3 is 12.1 Å². The quantitative estimate of drug-likeness (QED) is 0.671. The summed E-state index contributed by atoms with van der Waals surface area (Å²) >= 11 is 0. The molecule has 4 heterocycles. The molecule has 4 aliphatic heterocycles. The highest BCUT2D eigenvalue weighted by molar-refractivity contribution is 5.74. The van der Waals surface area contributed by atoms with Gasteiger partial charge < -0.3 is 24.3 Å². The van der Waals surface area contributed by atoms with Gasteiger partial charge in [0, 0.05) is 50.7 Å². The fourth-order valence-corrected chi connectivity index (χ4v) is 7.06. The molecule has 34 heavy (non-hydrogen) atoms. The molecule has 0 saturated carbocycles. The number of hydrogen-bond donors (Lipinski definition) is 0. The molecule has 7 heteroatoms. The fourth-order valence-electron chi connectivity index (χ4n) is 7.06. The largest absolute Gasteiger partial charge is 0.449 e. The molecule has 2 bridgehead atoms. The van der Waals surface area contributed by atoms with Gasteiger partial charge in [-0.25, -0.2) is 9.59 Å². The zero-order valence-corrected chi connectivity index (χ0v) is 21.0. The zero-order chi connectivity index (χ0) is 23.9. The number of hydrogen-bond acceptors (Lipinski definition) is 4. The lowest BCUT2D eigenvalue weighted by Gasteiger charge is -2.51. The number of carbonyl (C=O) groups is 2. The van der Waals surface area contributed by atoms with Gasteiger partial charge in [-0.3, -0.25) is 0 Å². The average Bonchev–Trinajstić information content (AvgIpc) is 3.11. The molecule has 4 aliphatic rings. The van der Waals surface area contributed by atoms with Crippen molar-refractivity contribution in [3.05, 3.63) is 35.4 Å². The van der Waals surface area contributed by atoms with Gasteiger partial charge in [0.05, 0.1) is 6.61 Å². The summed E-state index contributed by atoms with van der Waals surface area (Å²) in [6.07, 6.45) is 7.26. The van der Waals surface area contributed by atoms with Crippen molar-refractivity contribution in [3.63, 3.8) is 0 Å². The van der Waals surface area contributed by atoms with E-state index in [1.807, 2.05) is 25.9 Å². The number of rotatable bonds is 3. The van der Waals surface area contributed by atoms with Gasteiger partial charge in [0.25, 0.3) is 0 Å². The van der Waals surface area contributed by atoms with E-state index in [2.05, 4.69) is 34.1 Å². The summed E-state index contributed by atoms with van der Waals surface area (Å²) in [5.41, 5.74) is 2.79. The topological polar surface area (TPSA) is 56.3 Å². The second kappa shape index (κ2) is 9.40. The van der Waals surface area contributed by atoms with Crippen molar-refractivity contribution in [2.75, 3.05) is 40.3 Å². The Kier molecular flexibility index (Phi) is 6.49. The van der Waals surface area contributed by atoms with Gasteiger partial charge in [-0.1, -0.05) is 31.2 Å². The number of benzene rings is 1. The Balaban J connectivity index is 1.27. The number of carbonyl (C=O) groups excluding carboxylic acids is 2. The first-order valence-electron chi connectivity index (χ1n) is 13.2. The van der Waals surface area contributed by atoms with Crippen LogP contribution in [0.2, 0.25) is 0 Å². The normalized spacial score (nSPS) is 28.0. The van der Waals surface area contributed by atoms with Crippen LogP contribution in [0.25, 0.3) is 0 Å². The maximum atomic E-state index is 12.9. The third-order valence-corrected chi connectivity index (χ3v) is 8.72. The monoisotopic (exact) mass is 468 g/mol. The molecule has 1 spiro atoms. The third-order valence-electron chi connectivity index (χ3n) is 8.72. The molecule has 0 N–H and O–H groups in total. The van der Waals surface area contributed by atoms with Gasteiger partial charge in [-0.2, -0.15) is 0 Å². The minimum atomic E-state index is -0.102. The molecule has 3 saturated heterocycles. The summed E-state index contributed by atoms with van der Waals surface area (Å²) < 4.78 is 5.48. The molecule has 1 aromatic carbocycles. The number of urea groups is 1. The number of amides is 3. The highest BCUT2D eigenvalue weighted by atomic mass is 16.6. The zero-order valence-electron chi connectivity index (χ0n) is 21.0. The smallest absolute Gasteiger partial charge is 0.410 e. The van der Waals surface area contributed by atoms with Gasteiger partial charge in [-0.05, 0) is 69.2 Å². The third kappa shape index (κ3) is 4.16. The van der Waals surface area contributed by atoms with E-state index in [9.17, 15) is 9.59 Å². The predicted octanol–water partition coefficient (Wildman–Crippen LogP) is 4.06. The van der Waals surface area contributed by atoms with Crippen molar-refractivity contribution in [3.8, 4) is 0 Å². The second-order valence-corrected chi connectivity index (χ2v) is 11.0. The summed E-state index contributed by atoms with van der Waals surface area (Å²) in [6, 6.07) is 10.0. The number of likely N-dealkylation sites (tertiary alicyclic amines) is 1. The standard InChI is InChI=1S/C27H40N4O3/c1-4-15-34-26(33)31-21-9-10-22(31)17-23(16-21)29-13-11-27(12-14-29)19-30(25(32)28(2)3)18-20-7-5-6-8-24(20)27/h5-8,21-23H,4,9-19H2,1-3H3. The number of ether oxygens (including phenoxy) is 1. The van der Waals surface area contributed by atoms with E-state index in [1.54, 1.807) is 4.90 Å². The van der Waals surface area contributed by atoms with Crippen LogP contribution in [0.15, 0.2) is 24.3 Å². The summed E-state index contributed by atoms with van der Waals surface area (Å²) in [6.45, 7) is 6.18. The van der Waals surface area contributed by atoms with Crippen LogP contribution in [0, 0.1) is 0 Å². The highest BCUT2D eigenvalue weighted by Gasteiger charge is 2.48. The lowest BCUT2D eigenvalue weighted by molar-refractivity contribution is 0.0202. The summed E-state index contributed by atoms with van der Waals surface area (Å²) in [7, 11) is 3.69. The number of nitrogens with zero attached hydrogens (tertiary/aromatic N) is 4. The first-order valence-corrected chi connectivity index (χ1v) is 13.2. The molecule has 0 aromatic heterocycles. The van der Waals surface area contributed by atoms with Crippen LogP contribution in [0.4, 0.5) is 9.59 Å². The maximum absolute atomic E-state index is 12.9. The molecule has 1 aromatic rings. The van der Waals surface area contributed by atoms with Crippen LogP contribution in [0.1, 0.15) is 63.0 Å². The van der Waals surface area contributed by atoms with Crippen LogP contribution in [-0.4, -0.2) is 90.2 Å². The molecule has 186 valence electrons. The SMILES string of the molecule is CCCOC(=O)N1C2CCC1CC(N1CCC3(CC1)CN(C(=O)N(C)C)Cc1ccccc13)C2. The van der Waals surface area contributed by atoms with Crippen molar-refractivity contribution < 1.29 is 14.3 Å². The molecular formula is C27H40N4O3. The number of piperidine rings is 2. The van der Waals surface area contributed by atoms with Gasteiger partial charge in [0.15, 0.2) is 0 Å². The minimum absolute atomic E-state index is 0.0423. The van der Waals surface area contributed by atoms with Gasteiger partial charge in [0.1, 0.15) is 0 Å². The van der Waals surface area contributed by atoms with Crippen molar-refractivity contribution in [1.29, 1.82) is 0 Å². The Morgan fingerprint density at radius 3 is 2.38 bits per heavy atom. The van der Waals surface area contributed by atoms with Crippen molar-refractivity contribution in [1.82, 2.24) is 19.6 Å². The fraction of sp³-hybridized carbons (Fsp3) is 0.704. The van der Waals surface area contributed by atoms with Crippen LogP contribution in [0.3, 0.4) is 0 Å². The lowest BCUT2D eigenvalue weighted by Crippen LogP contribution is -2.58. The van der Waals surface area contributed by atoms with E-state index in [0.29, 0.717) is 31.3 Å². The van der Waals surface area contributed by atoms with E-state index in [4.69, 9.17) is 4.74 Å². The Labute approximate surface area is 204 Å². The maximum Gasteiger partial charge on any atom is 0.410 e. The first kappa shape index (κ1) is 23.5. The van der Waals surface area contributed by atoms with E-state index >= 15 is 0 Å². The van der Waals surface area contributed by atoms with Crippen molar-refractivity contribution >= 4 is 12.1 Å². The molecule has 3 fully saturated rings. The predicted molar refractivity (Wildman–Crippen MR) is 132 cm³/mol. The van der Waals surface area contributed by atoms with Gasteiger partial charge in [-0.15, -0.1) is 0 Å². The molecular weight excluding hydrogens is 428 g/mol. The van der Waals surface area contributed by atoms with E-state index in [1.165, 1.54) is 11.1 Å². The van der Waals surface area contributed by atoms with Crippen LogP contribution >= 0.6 is 0 Å². The van der Waals surface area contributed by atoms with E-state index < -0.39 is 0 Å². The van der Waals surface area contributed by atoms with Crippen LogP contribution in [-0.2, 0) is 16.7 Å². The molecule has 2 atom stereocenters. The lowest BCUT2D eigenvalue weighted by atomic mass is 9.68. The van der Waals surface area contributed by atoms with Gasteiger partial charge in [0.2, 0.25) is 0 Å². The molecule has 2 unspecified atom stereocenters. The Morgan fingerprint density at radius 1 is 1.06 bits per heavy atom. The Hall–Kier alpha value is -2.28. The second-order valence-electron chi connectivity index (χ2n) is 11.0. The number of fused-ring (bicyclic) bond motifs is 4. The summed E-state index contributed by atoms with van der Waals surface area (Å²) in [4.78, 5) is 34.0. The average molecular weight is 469 g/mol. The summed E-state index contributed by atoms with van der Waals surface area (Å²) in [5.74, 6) is 0. The molecule has 3 amide bonds.